The van der Waals surface area contributed by atoms with E-state index in [0.717, 1.165) is 10.6 Å². The fourth-order valence-electron chi connectivity index (χ4n) is 2.33. The molecule has 3 rings (SSSR count). The summed E-state index contributed by atoms with van der Waals surface area (Å²) >= 11 is 1.32. The molecule has 2 aromatic carbocycles. The van der Waals surface area contributed by atoms with Gasteiger partial charge in [-0.05, 0) is 30.3 Å². The second-order valence-corrected chi connectivity index (χ2v) is 6.59. The van der Waals surface area contributed by atoms with Crippen LogP contribution in [0.3, 0.4) is 0 Å². The van der Waals surface area contributed by atoms with Crippen molar-refractivity contribution in [1.29, 1.82) is 0 Å². The molecule has 1 amide bonds. The van der Waals surface area contributed by atoms with Gasteiger partial charge in [0.15, 0.2) is 18.1 Å². The van der Waals surface area contributed by atoms with Crippen LogP contribution >= 0.6 is 11.8 Å². The number of para-hydroxylation sites is 1. The second kappa shape index (κ2) is 8.62. The first-order valence-electron chi connectivity index (χ1n) is 8.13. The van der Waals surface area contributed by atoms with Gasteiger partial charge in [0.1, 0.15) is 13.2 Å². The standard InChI is InChI=1S/C19H19NO5S/c1-20(14-5-3-2-4-6-14)18(21)12-25-19(22)13-26-15-7-8-16-17(11-15)24-10-9-23-16/h2-8,11H,9-10,12-13H2,1H3. The topological polar surface area (TPSA) is 65.1 Å². The number of hydrogen-bond acceptors (Lipinski definition) is 6. The quantitative estimate of drug-likeness (QED) is 0.573. The van der Waals surface area contributed by atoms with Crippen molar-refractivity contribution in [3.63, 3.8) is 0 Å². The normalized spacial score (nSPS) is 12.3. The van der Waals surface area contributed by atoms with Crippen LogP contribution in [0.4, 0.5) is 5.69 Å². The molecule has 0 saturated heterocycles. The molecule has 0 atom stereocenters. The van der Waals surface area contributed by atoms with Crippen molar-refractivity contribution in [3.8, 4) is 11.5 Å². The molecule has 26 heavy (non-hydrogen) atoms. The number of carbonyl (C=O) groups excluding carboxylic acids is 2. The molecule has 2 aromatic rings. The van der Waals surface area contributed by atoms with Crippen molar-refractivity contribution in [2.45, 2.75) is 4.90 Å². The average molecular weight is 373 g/mol. The lowest BCUT2D eigenvalue weighted by Gasteiger charge is -2.18. The van der Waals surface area contributed by atoms with Crippen molar-refractivity contribution in [2.24, 2.45) is 0 Å². The largest absolute Gasteiger partial charge is 0.486 e. The molecule has 1 aliphatic rings. The van der Waals surface area contributed by atoms with Crippen LogP contribution in [0, 0.1) is 0 Å². The van der Waals surface area contributed by atoms with Gasteiger partial charge in [0.25, 0.3) is 5.91 Å². The molecule has 0 fully saturated rings. The maximum Gasteiger partial charge on any atom is 0.316 e. The molecule has 0 spiro atoms. The highest BCUT2D eigenvalue weighted by molar-refractivity contribution is 8.00. The summed E-state index contributed by atoms with van der Waals surface area (Å²) < 4.78 is 16.0. The lowest BCUT2D eigenvalue weighted by atomic mass is 10.3. The van der Waals surface area contributed by atoms with Gasteiger partial charge < -0.3 is 19.1 Å². The molecule has 0 aromatic heterocycles. The Morgan fingerprint density at radius 1 is 1.08 bits per heavy atom. The van der Waals surface area contributed by atoms with Gasteiger partial charge in [0.2, 0.25) is 0 Å². The summed E-state index contributed by atoms with van der Waals surface area (Å²) in [4.78, 5) is 26.3. The van der Waals surface area contributed by atoms with Crippen molar-refractivity contribution in [1.82, 2.24) is 0 Å². The molecule has 1 aliphatic heterocycles. The van der Waals surface area contributed by atoms with Gasteiger partial charge in [0, 0.05) is 17.6 Å². The Kier molecular flexibility index (Phi) is 6.01. The van der Waals surface area contributed by atoms with Crippen molar-refractivity contribution < 1.29 is 23.8 Å². The number of likely N-dealkylation sites (N-methyl/N-ethyl adjacent to an activating group) is 1. The van der Waals surface area contributed by atoms with Crippen molar-refractivity contribution in [2.75, 3.05) is 37.5 Å². The Hall–Kier alpha value is -2.67. The van der Waals surface area contributed by atoms with Gasteiger partial charge in [-0.2, -0.15) is 0 Å². The van der Waals surface area contributed by atoms with Crippen LogP contribution in [-0.2, 0) is 14.3 Å². The summed E-state index contributed by atoms with van der Waals surface area (Å²) in [7, 11) is 1.65. The Morgan fingerprint density at radius 3 is 2.58 bits per heavy atom. The number of carbonyl (C=O) groups is 2. The highest BCUT2D eigenvalue weighted by Crippen LogP contribution is 2.34. The minimum absolute atomic E-state index is 0.113. The smallest absolute Gasteiger partial charge is 0.316 e. The summed E-state index contributed by atoms with van der Waals surface area (Å²) in [6.07, 6.45) is 0. The van der Waals surface area contributed by atoms with Crippen LogP contribution in [0.25, 0.3) is 0 Å². The van der Waals surface area contributed by atoms with E-state index in [1.165, 1.54) is 16.7 Å². The monoisotopic (exact) mass is 373 g/mol. The maximum absolute atomic E-state index is 12.1. The molecule has 7 heteroatoms. The Morgan fingerprint density at radius 2 is 1.81 bits per heavy atom. The molecule has 0 saturated carbocycles. The minimum Gasteiger partial charge on any atom is -0.486 e. The first-order valence-corrected chi connectivity index (χ1v) is 9.12. The third kappa shape index (κ3) is 4.70. The summed E-state index contributed by atoms with van der Waals surface area (Å²) in [5.41, 5.74) is 0.749. The van der Waals surface area contributed by atoms with Gasteiger partial charge in [0.05, 0.1) is 5.75 Å². The molecule has 0 aliphatic carbocycles. The number of esters is 1. The van der Waals surface area contributed by atoms with E-state index in [1.54, 1.807) is 7.05 Å². The maximum atomic E-state index is 12.1. The summed E-state index contributed by atoms with van der Waals surface area (Å²) in [6.45, 7) is 0.767. The number of rotatable bonds is 6. The van der Waals surface area contributed by atoms with Gasteiger partial charge in [-0.15, -0.1) is 11.8 Å². The predicted molar refractivity (Wildman–Crippen MR) is 99.0 cm³/mol. The molecule has 0 radical (unpaired) electrons. The summed E-state index contributed by atoms with van der Waals surface area (Å²) in [5, 5.41) is 0. The SMILES string of the molecule is CN(C(=O)COC(=O)CSc1ccc2c(c1)OCCO2)c1ccccc1. The van der Waals surface area contributed by atoms with E-state index < -0.39 is 5.97 Å². The molecule has 1 heterocycles. The Labute approximate surface area is 156 Å². The average Bonchev–Trinajstić information content (AvgIpc) is 2.70. The van der Waals surface area contributed by atoms with Crippen LogP contribution < -0.4 is 14.4 Å². The van der Waals surface area contributed by atoms with Crippen LogP contribution in [-0.4, -0.2) is 44.5 Å². The molecular weight excluding hydrogens is 354 g/mol. The summed E-state index contributed by atoms with van der Waals surface area (Å²) in [6, 6.07) is 14.7. The molecular formula is C19H19NO5S. The van der Waals surface area contributed by atoms with Crippen LogP contribution in [0.15, 0.2) is 53.4 Å². The number of anilines is 1. The van der Waals surface area contributed by atoms with E-state index in [9.17, 15) is 9.59 Å². The van der Waals surface area contributed by atoms with E-state index in [2.05, 4.69) is 0 Å². The molecule has 0 unspecified atom stereocenters. The zero-order valence-electron chi connectivity index (χ0n) is 14.3. The predicted octanol–water partition coefficient (Wildman–Crippen LogP) is 2.76. The molecule has 0 bridgehead atoms. The number of ether oxygens (including phenoxy) is 3. The Bertz CT molecular complexity index is 781. The van der Waals surface area contributed by atoms with Crippen LogP contribution in [0.2, 0.25) is 0 Å². The van der Waals surface area contributed by atoms with E-state index in [0.29, 0.717) is 24.7 Å². The number of amides is 1. The van der Waals surface area contributed by atoms with Crippen LogP contribution in [0.1, 0.15) is 0 Å². The van der Waals surface area contributed by atoms with E-state index >= 15 is 0 Å². The minimum atomic E-state index is -0.445. The number of hydrogen-bond donors (Lipinski definition) is 0. The number of benzene rings is 2. The zero-order chi connectivity index (χ0) is 18.4. The number of fused-ring (bicyclic) bond motifs is 1. The lowest BCUT2D eigenvalue weighted by Crippen LogP contribution is -2.31. The first kappa shape index (κ1) is 18.1. The number of thioether (sulfide) groups is 1. The summed E-state index contributed by atoms with van der Waals surface area (Å²) in [5.74, 6) is 0.766. The molecule has 136 valence electrons. The second-order valence-electron chi connectivity index (χ2n) is 5.54. The Balaban J connectivity index is 1.45. The highest BCUT2D eigenvalue weighted by Gasteiger charge is 2.15. The molecule has 6 nitrogen and oxygen atoms in total. The van der Waals surface area contributed by atoms with Crippen molar-refractivity contribution in [3.05, 3.63) is 48.5 Å². The first-order chi connectivity index (χ1) is 12.6. The highest BCUT2D eigenvalue weighted by atomic mass is 32.2. The van der Waals surface area contributed by atoms with Gasteiger partial charge in [-0.25, -0.2) is 0 Å². The van der Waals surface area contributed by atoms with E-state index in [4.69, 9.17) is 14.2 Å². The lowest BCUT2D eigenvalue weighted by molar-refractivity contribution is -0.145. The number of nitrogens with zero attached hydrogens (tertiary/aromatic N) is 1. The third-order valence-electron chi connectivity index (χ3n) is 3.74. The van der Waals surface area contributed by atoms with Gasteiger partial charge >= 0.3 is 5.97 Å². The van der Waals surface area contributed by atoms with Crippen LogP contribution in [0.5, 0.6) is 11.5 Å². The fourth-order valence-corrected chi connectivity index (χ4v) is 3.05. The van der Waals surface area contributed by atoms with Crippen molar-refractivity contribution >= 4 is 29.3 Å². The zero-order valence-corrected chi connectivity index (χ0v) is 15.2. The fraction of sp³-hybridized carbons (Fsp3) is 0.263. The molecule has 0 N–H and O–H groups in total. The van der Waals surface area contributed by atoms with E-state index in [1.807, 2.05) is 48.5 Å². The van der Waals surface area contributed by atoms with Gasteiger partial charge in [-0.3, -0.25) is 9.59 Å². The van der Waals surface area contributed by atoms with Gasteiger partial charge in [-0.1, -0.05) is 18.2 Å². The third-order valence-corrected chi connectivity index (χ3v) is 4.71. The van der Waals surface area contributed by atoms with E-state index in [-0.39, 0.29) is 18.3 Å².